The second-order valence-electron chi connectivity index (χ2n) is 11.3. The molecular formula is C31H33F3N4O4. The fourth-order valence-electron chi connectivity index (χ4n) is 4.70. The van der Waals surface area contributed by atoms with Gasteiger partial charge in [0.15, 0.2) is 0 Å². The van der Waals surface area contributed by atoms with E-state index in [-0.39, 0.29) is 35.2 Å². The molecule has 4 N–H and O–H groups in total. The highest BCUT2D eigenvalue weighted by Crippen LogP contribution is 2.30. The van der Waals surface area contributed by atoms with Crippen LogP contribution in [0.1, 0.15) is 65.5 Å². The molecule has 0 aliphatic carbocycles. The monoisotopic (exact) mass is 582 g/mol. The molecule has 11 heteroatoms. The van der Waals surface area contributed by atoms with Crippen LogP contribution in [0.5, 0.6) is 0 Å². The molecule has 8 nitrogen and oxygen atoms in total. The number of carbonyl (C=O) groups excluding carboxylic acids is 2. The second-order valence-corrected chi connectivity index (χ2v) is 11.3. The third-order valence-electron chi connectivity index (χ3n) is 7.05. The van der Waals surface area contributed by atoms with E-state index in [9.17, 15) is 32.7 Å². The number of nitrogens with zero attached hydrogens (tertiary/aromatic N) is 1. The van der Waals surface area contributed by atoms with E-state index in [0.29, 0.717) is 36.3 Å². The van der Waals surface area contributed by atoms with Crippen molar-refractivity contribution in [3.8, 4) is 0 Å². The first-order valence-electron chi connectivity index (χ1n) is 13.5. The zero-order chi connectivity index (χ0) is 30.7. The van der Waals surface area contributed by atoms with Crippen LogP contribution in [0.25, 0.3) is 0 Å². The van der Waals surface area contributed by atoms with Crippen molar-refractivity contribution >= 4 is 35.0 Å². The molecule has 0 aromatic heterocycles. The lowest BCUT2D eigenvalue weighted by molar-refractivity contribution is -0.137. The first kappa shape index (κ1) is 30.4. The van der Waals surface area contributed by atoms with Gasteiger partial charge in [-0.3, -0.25) is 4.79 Å². The van der Waals surface area contributed by atoms with Gasteiger partial charge in [-0.2, -0.15) is 13.2 Å². The number of likely N-dealkylation sites (tertiary alicyclic amines) is 1. The van der Waals surface area contributed by atoms with Gasteiger partial charge in [0, 0.05) is 36.1 Å². The lowest BCUT2D eigenvalue weighted by atomic mass is 9.87. The number of amides is 3. The molecule has 4 rings (SSSR count). The van der Waals surface area contributed by atoms with E-state index in [1.54, 1.807) is 18.2 Å². The van der Waals surface area contributed by atoms with Crippen LogP contribution < -0.4 is 16.0 Å². The fourth-order valence-corrected chi connectivity index (χ4v) is 4.70. The summed E-state index contributed by atoms with van der Waals surface area (Å²) in [5.74, 6) is -1.49. The Morgan fingerprint density at radius 2 is 1.48 bits per heavy atom. The Morgan fingerprint density at radius 1 is 0.857 bits per heavy atom. The number of hydrogen-bond acceptors (Lipinski definition) is 4. The number of urea groups is 1. The molecule has 1 atom stereocenters. The van der Waals surface area contributed by atoms with E-state index in [1.165, 1.54) is 29.2 Å². The molecule has 222 valence electrons. The van der Waals surface area contributed by atoms with Crippen LogP contribution >= 0.6 is 0 Å². The fraction of sp³-hybridized carbons (Fsp3) is 0.323. The lowest BCUT2D eigenvalue weighted by Crippen LogP contribution is -2.47. The Labute approximate surface area is 241 Å². The third kappa shape index (κ3) is 7.59. The number of carbonyl (C=O) groups is 3. The number of aromatic carboxylic acids is 1. The largest absolute Gasteiger partial charge is 0.478 e. The Balaban J connectivity index is 1.43. The number of benzene rings is 3. The highest BCUT2D eigenvalue weighted by atomic mass is 19.4. The van der Waals surface area contributed by atoms with E-state index < -0.39 is 23.7 Å². The van der Waals surface area contributed by atoms with Crippen molar-refractivity contribution in [3.63, 3.8) is 0 Å². The maximum atomic E-state index is 12.9. The molecule has 3 amide bonds. The molecule has 1 saturated heterocycles. The Morgan fingerprint density at radius 3 is 2.07 bits per heavy atom. The molecular weight excluding hydrogens is 549 g/mol. The topological polar surface area (TPSA) is 111 Å². The van der Waals surface area contributed by atoms with Gasteiger partial charge in [-0.25, -0.2) is 9.59 Å². The number of carboxylic acid groups (broad SMARTS) is 1. The molecule has 0 spiro atoms. The summed E-state index contributed by atoms with van der Waals surface area (Å²) in [4.78, 5) is 39.1. The molecule has 3 aromatic rings. The molecule has 42 heavy (non-hydrogen) atoms. The summed E-state index contributed by atoms with van der Waals surface area (Å²) in [5.41, 5.74) is 1.61. The van der Waals surface area contributed by atoms with Gasteiger partial charge in [-0.05, 0) is 78.4 Å². The summed E-state index contributed by atoms with van der Waals surface area (Å²) in [6.07, 6.45) is -3.19. The molecule has 1 unspecified atom stereocenters. The van der Waals surface area contributed by atoms with Crippen LogP contribution in [0.3, 0.4) is 0 Å². The van der Waals surface area contributed by atoms with Crippen LogP contribution in [0.15, 0.2) is 66.7 Å². The number of anilines is 3. The van der Waals surface area contributed by atoms with Gasteiger partial charge < -0.3 is 26.0 Å². The molecule has 3 aromatic carbocycles. The molecule has 1 aliphatic rings. The number of piperidine rings is 1. The normalized spacial score (nSPS) is 15.6. The van der Waals surface area contributed by atoms with Crippen molar-refractivity contribution in [2.24, 2.45) is 0 Å². The standard InChI is InChI=1S/C31H33F3N4O4/c1-30(2,3)20-8-6-19(7-9-20)27(39)36-23-14-15-25(28(40)41)26(17-23)35-24-5-4-16-38(18-24)29(42)37-22-12-10-21(11-13-22)31(32,33)34/h6-15,17,24,35H,4-5,16,18H2,1-3H3,(H,36,39)(H,37,42)(H,40,41). The number of carboxylic acids is 1. The summed E-state index contributed by atoms with van der Waals surface area (Å²) < 4.78 is 38.5. The number of alkyl halides is 3. The minimum Gasteiger partial charge on any atom is -0.478 e. The van der Waals surface area contributed by atoms with Gasteiger partial charge in [0.1, 0.15) is 0 Å². The number of halogens is 3. The zero-order valence-electron chi connectivity index (χ0n) is 23.5. The van der Waals surface area contributed by atoms with Crippen molar-refractivity contribution in [2.45, 2.75) is 51.2 Å². The molecule has 1 heterocycles. The minimum atomic E-state index is -4.47. The van der Waals surface area contributed by atoms with Gasteiger partial charge in [0.05, 0.1) is 16.8 Å². The van der Waals surface area contributed by atoms with Crippen molar-refractivity contribution in [1.29, 1.82) is 0 Å². The summed E-state index contributed by atoms with van der Waals surface area (Å²) in [7, 11) is 0. The SMILES string of the molecule is CC(C)(C)c1ccc(C(=O)Nc2ccc(C(=O)O)c(NC3CCCN(C(=O)Nc4ccc(C(F)(F)F)cc4)C3)c2)cc1. The summed E-state index contributed by atoms with van der Waals surface area (Å²) in [6.45, 7) is 6.91. The summed E-state index contributed by atoms with van der Waals surface area (Å²) in [6, 6.07) is 15.2. The molecule has 0 radical (unpaired) electrons. The van der Waals surface area contributed by atoms with Crippen LogP contribution in [0.4, 0.5) is 35.0 Å². The van der Waals surface area contributed by atoms with Crippen molar-refractivity contribution < 1.29 is 32.7 Å². The third-order valence-corrected chi connectivity index (χ3v) is 7.05. The molecule has 0 saturated carbocycles. The van der Waals surface area contributed by atoms with Crippen LogP contribution in [-0.2, 0) is 11.6 Å². The average Bonchev–Trinajstić information content (AvgIpc) is 2.92. The van der Waals surface area contributed by atoms with E-state index in [4.69, 9.17) is 0 Å². The molecule has 1 aliphatic heterocycles. The number of rotatable bonds is 6. The molecule has 1 fully saturated rings. The lowest BCUT2D eigenvalue weighted by Gasteiger charge is -2.34. The minimum absolute atomic E-state index is 0.00820. The molecule has 0 bridgehead atoms. The Bertz CT molecular complexity index is 1450. The van der Waals surface area contributed by atoms with E-state index in [1.807, 2.05) is 12.1 Å². The predicted octanol–water partition coefficient (Wildman–Crippen LogP) is 7.06. The maximum Gasteiger partial charge on any atom is 0.416 e. The van der Waals surface area contributed by atoms with Gasteiger partial charge in [0.2, 0.25) is 0 Å². The maximum absolute atomic E-state index is 12.9. The Hall–Kier alpha value is -4.54. The number of hydrogen-bond donors (Lipinski definition) is 4. The summed E-state index contributed by atoms with van der Waals surface area (Å²) in [5, 5.41) is 18.4. The highest BCUT2D eigenvalue weighted by Gasteiger charge is 2.30. The van der Waals surface area contributed by atoms with Crippen LogP contribution in [-0.4, -0.2) is 47.0 Å². The second kappa shape index (κ2) is 12.1. The van der Waals surface area contributed by atoms with E-state index in [2.05, 4.69) is 36.7 Å². The van der Waals surface area contributed by atoms with Gasteiger partial charge in [-0.1, -0.05) is 32.9 Å². The van der Waals surface area contributed by atoms with Crippen molar-refractivity contribution in [1.82, 2.24) is 4.90 Å². The highest BCUT2D eigenvalue weighted by molar-refractivity contribution is 6.05. The summed E-state index contributed by atoms with van der Waals surface area (Å²) >= 11 is 0. The smallest absolute Gasteiger partial charge is 0.416 e. The van der Waals surface area contributed by atoms with Crippen molar-refractivity contribution in [2.75, 3.05) is 29.0 Å². The predicted molar refractivity (Wildman–Crippen MR) is 155 cm³/mol. The van der Waals surface area contributed by atoms with Gasteiger partial charge in [0.25, 0.3) is 5.91 Å². The zero-order valence-corrected chi connectivity index (χ0v) is 23.5. The van der Waals surface area contributed by atoms with Gasteiger partial charge >= 0.3 is 18.2 Å². The Kier molecular flexibility index (Phi) is 8.79. The quantitative estimate of drug-likeness (QED) is 0.249. The van der Waals surface area contributed by atoms with E-state index in [0.717, 1.165) is 17.7 Å². The first-order chi connectivity index (χ1) is 19.7. The first-order valence-corrected chi connectivity index (χ1v) is 13.5. The van der Waals surface area contributed by atoms with Crippen LogP contribution in [0.2, 0.25) is 0 Å². The van der Waals surface area contributed by atoms with Gasteiger partial charge in [-0.15, -0.1) is 0 Å². The van der Waals surface area contributed by atoms with Crippen LogP contribution in [0, 0.1) is 0 Å². The van der Waals surface area contributed by atoms with Crippen molar-refractivity contribution in [3.05, 3.63) is 89.0 Å². The van der Waals surface area contributed by atoms with E-state index >= 15 is 0 Å². The number of nitrogens with one attached hydrogen (secondary N) is 3. The average molecular weight is 583 g/mol.